The number of hydrogen-bond acceptors (Lipinski definition) is 2. The Morgan fingerprint density at radius 3 is 2.68 bits per heavy atom. The van der Waals surface area contributed by atoms with Gasteiger partial charge in [-0.2, -0.15) is 0 Å². The molecule has 3 N–H and O–H groups in total. The number of aromatic amines is 1. The molecule has 1 aliphatic carbocycles. The van der Waals surface area contributed by atoms with Crippen molar-refractivity contribution >= 4 is 16.9 Å². The number of aliphatic carboxylic acids is 1. The van der Waals surface area contributed by atoms with Gasteiger partial charge in [-0.05, 0) is 30.4 Å². The minimum absolute atomic E-state index is 0.151. The highest BCUT2D eigenvalue weighted by atomic mass is 16.4. The zero-order valence-electron chi connectivity index (χ0n) is 12.6. The monoisotopic (exact) mass is 298 g/mol. The first-order valence-corrected chi connectivity index (χ1v) is 8.32. The highest BCUT2D eigenvalue weighted by Crippen LogP contribution is 2.40. The lowest BCUT2D eigenvalue weighted by Gasteiger charge is -2.36. The molecule has 4 nitrogen and oxygen atoms in total. The van der Waals surface area contributed by atoms with E-state index in [-0.39, 0.29) is 6.04 Å². The van der Waals surface area contributed by atoms with Gasteiger partial charge in [-0.15, -0.1) is 0 Å². The van der Waals surface area contributed by atoms with Gasteiger partial charge in [0.2, 0.25) is 0 Å². The van der Waals surface area contributed by atoms with E-state index >= 15 is 0 Å². The summed E-state index contributed by atoms with van der Waals surface area (Å²) in [5.74, 6) is -0.195. The third-order valence-corrected chi connectivity index (χ3v) is 5.37. The fourth-order valence-electron chi connectivity index (χ4n) is 4.27. The summed E-state index contributed by atoms with van der Waals surface area (Å²) in [4.78, 5) is 15.1. The van der Waals surface area contributed by atoms with Crippen LogP contribution in [-0.4, -0.2) is 22.1 Å². The van der Waals surface area contributed by atoms with Gasteiger partial charge in [0.1, 0.15) is 6.04 Å². The van der Waals surface area contributed by atoms with Crippen LogP contribution in [0.4, 0.5) is 0 Å². The van der Waals surface area contributed by atoms with Crippen molar-refractivity contribution in [1.82, 2.24) is 10.3 Å². The van der Waals surface area contributed by atoms with Crippen LogP contribution in [0.25, 0.3) is 10.9 Å². The maximum absolute atomic E-state index is 11.6. The van der Waals surface area contributed by atoms with Gasteiger partial charge < -0.3 is 10.1 Å². The van der Waals surface area contributed by atoms with Crippen LogP contribution in [0.1, 0.15) is 49.4 Å². The average molecular weight is 298 g/mol. The molecule has 2 aliphatic rings. The number of rotatable bonds is 2. The van der Waals surface area contributed by atoms with Crippen molar-refractivity contribution in [2.24, 2.45) is 5.92 Å². The number of aromatic nitrogens is 1. The molecule has 0 bridgehead atoms. The molecule has 0 saturated heterocycles. The van der Waals surface area contributed by atoms with E-state index < -0.39 is 12.0 Å². The number of carboxylic acid groups (broad SMARTS) is 1. The zero-order chi connectivity index (χ0) is 15.1. The third kappa shape index (κ3) is 2.22. The molecule has 4 rings (SSSR count). The Balaban J connectivity index is 1.80. The van der Waals surface area contributed by atoms with Crippen molar-refractivity contribution in [3.63, 3.8) is 0 Å². The third-order valence-electron chi connectivity index (χ3n) is 5.37. The van der Waals surface area contributed by atoms with Gasteiger partial charge in [-0.1, -0.05) is 37.5 Å². The molecular formula is C18H22N2O2. The summed E-state index contributed by atoms with van der Waals surface area (Å²) in [5, 5.41) is 14.1. The molecule has 0 spiro atoms. The van der Waals surface area contributed by atoms with Crippen molar-refractivity contribution in [3.8, 4) is 0 Å². The quantitative estimate of drug-likeness (QED) is 0.796. The number of benzene rings is 1. The molecule has 1 fully saturated rings. The van der Waals surface area contributed by atoms with Gasteiger partial charge in [0, 0.05) is 23.0 Å². The van der Waals surface area contributed by atoms with Crippen molar-refractivity contribution < 1.29 is 9.90 Å². The van der Waals surface area contributed by atoms with Crippen LogP contribution in [0.2, 0.25) is 0 Å². The van der Waals surface area contributed by atoms with E-state index in [0.29, 0.717) is 12.3 Å². The van der Waals surface area contributed by atoms with Crippen LogP contribution in [-0.2, 0) is 11.2 Å². The Labute approximate surface area is 129 Å². The summed E-state index contributed by atoms with van der Waals surface area (Å²) < 4.78 is 0. The van der Waals surface area contributed by atoms with E-state index in [1.54, 1.807) is 0 Å². The van der Waals surface area contributed by atoms with E-state index in [1.807, 2.05) is 12.1 Å². The summed E-state index contributed by atoms with van der Waals surface area (Å²) >= 11 is 0. The highest BCUT2D eigenvalue weighted by Gasteiger charge is 2.37. The Morgan fingerprint density at radius 2 is 1.91 bits per heavy atom. The number of carboxylic acids is 1. The minimum Gasteiger partial charge on any atom is -0.480 e. The lowest BCUT2D eigenvalue weighted by molar-refractivity contribution is -0.140. The molecule has 22 heavy (non-hydrogen) atoms. The van der Waals surface area contributed by atoms with Gasteiger partial charge >= 0.3 is 5.97 Å². The van der Waals surface area contributed by atoms with Crippen LogP contribution >= 0.6 is 0 Å². The lowest BCUT2D eigenvalue weighted by atomic mass is 9.79. The molecule has 4 heteroatoms. The molecule has 2 heterocycles. The Hall–Kier alpha value is -1.81. The normalized spacial score (nSPS) is 26.0. The summed E-state index contributed by atoms with van der Waals surface area (Å²) in [7, 11) is 0. The predicted molar refractivity (Wildman–Crippen MR) is 85.9 cm³/mol. The molecule has 0 amide bonds. The molecule has 2 aromatic rings. The molecule has 1 aromatic heterocycles. The average Bonchev–Trinajstić information content (AvgIpc) is 2.93. The SMILES string of the molecule is O=C(O)C1Cc2c([nH]c3ccccc23)[C@H](C2CCCCC2)N1. The molecule has 1 unspecified atom stereocenters. The summed E-state index contributed by atoms with van der Waals surface area (Å²) in [6.07, 6.45) is 6.78. The molecule has 0 radical (unpaired) electrons. The van der Waals surface area contributed by atoms with Gasteiger partial charge in [0.05, 0.1) is 6.04 Å². The second-order valence-electron chi connectivity index (χ2n) is 6.70. The van der Waals surface area contributed by atoms with Crippen LogP contribution in [0, 0.1) is 5.92 Å². The van der Waals surface area contributed by atoms with Crippen molar-refractivity contribution in [2.75, 3.05) is 0 Å². The van der Waals surface area contributed by atoms with Gasteiger partial charge in [0.25, 0.3) is 0 Å². The molecule has 1 aromatic carbocycles. The molecule has 1 saturated carbocycles. The second kappa shape index (κ2) is 5.43. The Morgan fingerprint density at radius 1 is 1.14 bits per heavy atom. The Bertz CT molecular complexity index is 700. The smallest absolute Gasteiger partial charge is 0.321 e. The van der Waals surface area contributed by atoms with E-state index in [0.717, 1.165) is 5.52 Å². The minimum atomic E-state index is -0.739. The van der Waals surface area contributed by atoms with E-state index in [4.69, 9.17) is 0 Å². The lowest BCUT2D eigenvalue weighted by Crippen LogP contribution is -2.47. The van der Waals surface area contributed by atoms with Crippen LogP contribution in [0.3, 0.4) is 0 Å². The standard InChI is InChI=1S/C18H22N2O2/c21-18(22)15-10-13-12-8-4-5-9-14(12)19-17(13)16(20-15)11-6-2-1-3-7-11/h4-5,8-9,11,15-16,19-20H,1-3,6-7,10H2,(H,21,22)/t15?,16-/m0/s1. The molecular weight excluding hydrogens is 276 g/mol. The number of hydrogen-bond donors (Lipinski definition) is 3. The maximum atomic E-state index is 11.6. The number of nitrogens with one attached hydrogen (secondary N) is 2. The highest BCUT2D eigenvalue weighted by molar-refractivity contribution is 5.86. The number of fused-ring (bicyclic) bond motifs is 3. The molecule has 1 aliphatic heterocycles. The number of para-hydroxylation sites is 1. The first-order chi connectivity index (χ1) is 10.7. The number of carbonyl (C=O) groups is 1. The van der Waals surface area contributed by atoms with Crippen LogP contribution in [0.15, 0.2) is 24.3 Å². The predicted octanol–water partition coefficient (Wildman–Crippen LogP) is 3.39. The first kappa shape index (κ1) is 13.8. The van der Waals surface area contributed by atoms with E-state index in [1.165, 1.54) is 48.7 Å². The fourth-order valence-corrected chi connectivity index (χ4v) is 4.27. The first-order valence-electron chi connectivity index (χ1n) is 8.32. The number of H-pyrrole nitrogens is 1. The van der Waals surface area contributed by atoms with Gasteiger partial charge in [-0.3, -0.25) is 10.1 Å². The largest absolute Gasteiger partial charge is 0.480 e. The van der Waals surface area contributed by atoms with Crippen LogP contribution < -0.4 is 5.32 Å². The summed E-state index contributed by atoms with van der Waals surface area (Å²) in [5.41, 5.74) is 3.56. The van der Waals surface area contributed by atoms with Gasteiger partial charge in [0.15, 0.2) is 0 Å². The van der Waals surface area contributed by atoms with E-state index in [9.17, 15) is 9.90 Å². The summed E-state index contributed by atoms with van der Waals surface area (Å²) in [6, 6.07) is 7.93. The fraction of sp³-hybridized carbons (Fsp3) is 0.500. The van der Waals surface area contributed by atoms with Crippen LogP contribution in [0.5, 0.6) is 0 Å². The van der Waals surface area contributed by atoms with Gasteiger partial charge in [-0.25, -0.2) is 0 Å². The molecule has 2 atom stereocenters. The van der Waals surface area contributed by atoms with Crippen molar-refractivity contribution in [1.29, 1.82) is 0 Å². The molecule has 116 valence electrons. The maximum Gasteiger partial charge on any atom is 0.321 e. The van der Waals surface area contributed by atoms with Crippen molar-refractivity contribution in [3.05, 3.63) is 35.5 Å². The van der Waals surface area contributed by atoms with E-state index in [2.05, 4.69) is 22.4 Å². The summed E-state index contributed by atoms with van der Waals surface area (Å²) in [6.45, 7) is 0. The Kier molecular flexibility index (Phi) is 3.41. The second-order valence-corrected chi connectivity index (χ2v) is 6.70. The topological polar surface area (TPSA) is 65.1 Å². The zero-order valence-corrected chi connectivity index (χ0v) is 12.6. The van der Waals surface area contributed by atoms with Crippen molar-refractivity contribution in [2.45, 2.75) is 50.6 Å².